The molecule has 122 valence electrons. The Labute approximate surface area is 137 Å². The molecule has 0 saturated heterocycles. The maximum atomic E-state index is 12.6. The molecule has 4 heteroatoms. The molecule has 0 aliphatic heterocycles. The lowest BCUT2D eigenvalue weighted by Gasteiger charge is -2.15. The predicted octanol–water partition coefficient (Wildman–Crippen LogP) is 3.50. The summed E-state index contributed by atoms with van der Waals surface area (Å²) >= 11 is 0. The van der Waals surface area contributed by atoms with Gasteiger partial charge in [-0.2, -0.15) is 0 Å². The Morgan fingerprint density at radius 1 is 1.35 bits per heavy atom. The molecule has 1 saturated carbocycles. The molecule has 1 heterocycles. The van der Waals surface area contributed by atoms with E-state index in [2.05, 4.69) is 48.4 Å². The summed E-state index contributed by atoms with van der Waals surface area (Å²) in [5, 5.41) is 4.57. The number of nitrogens with one attached hydrogen (secondary N) is 1. The highest BCUT2D eigenvalue weighted by atomic mass is 16.1. The van der Waals surface area contributed by atoms with E-state index in [9.17, 15) is 4.79 Å². The van der Waals surface area contributed by atoms with Crippen LogP contribution >= 0.6 is 0 Å². The third-order valence-electron chi connectivity index (χ3n) is 4.32. The first-order valence-electron chi connectivity index (χ1n) is 8.38. The van der Waals surface area contributed by atoms with Crippen molar-refractivity contribution < 1.29 is 4.79 Å². The van der Waals surface area contributed by atoms with E-state index >= 15 is 0 Å². The number of anilines is 1. The van der Waals surface area contributed by atoms with Crippen molar-refractivity contribution in [2.75, 3.05) is 32.5 Å². The lowest BCUT2D eigenvalue weighted by atomic mass is 10.0. The fraction of sp³-hybridized carbons (Fsp3) is 0.474. The van der Waals surface area contributed by atoms with Crippen molar-refractivity contribution in [1.82, 2.24) is 9.88 Å². The Morgan fingerprint density at radius 3 is 2.83 bits per heavy atom. The molecule has 0 spiro atoms. The molecule has 23 heavy (non-hydrogen) atoms. The zero-order valence-corrected chi connectivity index (χ0v) is 14.2. The van der Waals surface area contributed by atoms with Crippen molar-refractivity contribution in [1.29, 1.82) is 0 Å². The summed E-state index contributed by atoms with van der Waals surface area (Å²) in [6.45, 7) is 3.96. The number of Topliss-reactive ketones (excluding diaryl/α,β-unsaturated/α-hetero) is 1. The van der Waals surface area contributed by atoms with Crippen LogP contribution in [0.5, 0.6) is 0 Å². The van der Waals surface area contributed by atoms with Gasteiger partial charge in [0.1, 0.15) is 0 Å². The van der Waals surface area contributed by atoms with Gasteiger partial charge < -0.3 is 10.2 Å². The Bertz CT molecular complexity index is 720. The molecule has 1 aliphatic rings. The molecule has 0 amide bonds. The Balaban J connectivity index is 1.93. The summed E-state index contributed by atoms with van der Waals surface area (Å²) in [7, 11) is 4.15. The molecule has 4 nitrogen and oxygen atoms in total. The minimum absolute atomic E-state index is 0.210. The number of benzene rings is 1. The quantitative estimate of drug-likeness (QED) is 0.628. The zero-order chi connectivity index (χ0) is 16.4. The third kappa shape index (κ3) is 3.70. The molecule has 1 N–H and O–H groups in total. The number of carbonyl (C=O) groups is 1. The van der Waals surface area contributed by atoms with Gasteiger partial charge in [0.2, 0.25) is 0 Å². The number of hydrogen-bond donors (Lipinski definition) is 1. The average molecular weight is 311 g/mol. The van der Waals surface area contributed by atoms with Gasteiger partial charge in [0.25, 0.3) is 0 Å². The van der Waals surface area contributed by atoms with Gasteiger partial charge in [-0.15, -0.1) is 0 Å². The van der Waals surface area contributed by atoms with Gasteiger partial charge in [-0.25, -0.2) is 0 Å². The number of rotatable bonds is 7. The molecule has 1 aromatic heterocycles. The summed E-state index contributed by atoms with van der Waals surface area (Å²) in [5.74, 6) is 0.456. The van der Waals surface area contributed by atoms with Gasteiger partial charge >= 0.3 is 0 Å². The third-order valence-corrected chi connectivity index (χ3v) is 4.32. The fourth-order valence-electron chi connectivity index (χ4n) is 2.86. The van der Waals surface area contributed by atoms with E-state index in [0.29, 0.717) is 0 Å². The number of pyridine rings is 1. The Hall–Kier alpha value is -1.94. The number of hydrogen-bond acceptors (Lipinski definition) is 4. The van der Waals surface area contributed by atoms with Crippen LogP contribution in [-0.2, 0) is 0 Å². The van der Waals surface area contributed by atoms with Crippen LogP contribution < -0.4 is 5.32 Å². The molecule has 0 bridgehead atoms. The van der Waals surface area contributed by atoms with Crippen molar-refractivity contribution in [3.8, 4) is 0 Å². The van der Waals surface area contributed by atoms with E-state index in [0.717, 1.165) is 54.5 Å². The molecule has 3 rings (SSSR count). The van der Waals surface area contributed by atoms with Crippen LogP contribution in [0.3, 0.4) is 0 Å². The van der Waals surface area contributed by atoms with Gasteiger partial charge in [-0.05, 0) is 59.0 Å². The molecule has 0 unspecified atom stereocenters. The standard InChI is InChI=1S/C19H25N3O/c1-13-5-8-17-15(11-13)18(20-9-4-10-22(2)3)16(12-21-17)19(23)14-6-7-14/h5,8,11-12,14H,4,6-7,9-10H2,1-3H3,(H,20,21). The van der Waals surface area contributed by atoms with Gasteiger partial charge in [0, 0.05) is 24.0 Å². The summed E-state index contributed by atoms with van der Waals surface area (Å²) < 4.78 is 0. The molecule has 1 aromatic carbocycles. The summed E-state index contributed by atoms with van der Waals surface area (Å²) in [4.78, 5) is 19.3. The van der Waals surface area contributed by atoms with Crippen LogP contribution in [0, 0.1) is 12.8 Å². The molecular formula is C19H25N3O. The summed E-state index contributed by atoms with van der Waals surface area (Å²) in [5.41, 5.74) is 3.86. The molecule has 0 radical (unpaired) electrons. The van der Waals surface area contributed by atoms with Crippen molar-refractivity contribution in [2.45, 2.75) is 26.2 Å². The number of aromatic nitrogens is 1. The first-order chi connectivity index (χ1) is 11.1. The lowest BCUT2D eigenvalue weighted by molar-refractivity contribution is 0.0968. The second-order valence-corrected chi connectivity index (χ2v) is 6.79. The van der Waals surface area contributed by atoms with Crippen molar-refractivity contribution in [3.05, 3.63) is 35.5 Å². The molecule has 1 aliphatic carbocycles. The van der Waals surface area contributed by atoms with E-state index in [1.165, 1.54) is 5.56 Å². The largest absolute Gasteiger partial charge is 0.384 e. The molecule has 1 fully saturated rings. The molecule has 0 atom stereocenters. The maximum absolute atomic E-state index is 12.6. The second kappa shape index (κ2) is 6.67. The van der Waals surface area contributed by atoms with Crippen LogP contribution in [0.15, 0.2) is 24.4 Å². The summed E-state index contributed by atoms with van der Waals surface area (Å²) in [6.07, 6.45) is 4.84. The van der Waals surface area contributed by atoms with Crippen LogP contribution in [0.4, 0.5) is 5.69 Å². The number of ketones is 1. The predicted molar refractivity (Wildman–Crippen MR) is 95.2 cm³/mol. The van der Waals surface area contributed by atoms with E-state index < -0.39 is 0 Å². The number of fused-ring (bicyclic) bond motifs is 1. The van der Waals surface area contributed by atoms with Crippen LogP contribution in [0.2, 0.25) is 0 Å². The first kappa shape index (κ1) is 15.9. The van der Waals surface area contributed by atoms with Gasteiger partial charge in [0.05, 0.1) is 16.8 Å². The number of aryl methyl sites for hydroxylation is 1. The van der Waals surface area contributed by atoms with Crippen molar-refractivity contribution in [3.63, 3.8) is 0 Å². The molecular weight excluding hydrogens is 286 g/mol. The van der Waals surface area contributed by atoms with Gasteiger partial charge in [-0.3, -0.25) is 9.78 Å². The average Bonchev–Trinajstić information content (AvgIpc) is 3.35. The summed E-state index contributed by atoms with van der Waals surface area (Å²) in [6, 6.07) is 6.22. The van der Waals surface area contributed by atoms with Crippen molar-refractivity contribution >= 4 is 22.4 Å². The highest BCUT2D eigenvalue weighted by Crippen LogP contribution is 2.36. The van der Waals surface area contributed by atoms with E-state index in [1.54, 1.807) is 6.20 Å². The second-order valence-electron chi connectivity index (χ2n) is 6.79. The number of nitrogens with zero attached hydrogens (tertiary/aromatic N) is 2. The number of carbonyl (C=O) groups excluding carboxylic acids is 1. The monoisotopic (exact) mass is 311 g/mol. The topological polar surface area (TPSA) is 45.2 Å². The molecule has 2 aromatic rings. The van der Waals surface area contributed by atoms with E-state index in [4.69, 9.17) is 0 Å². The van der Waals surface area contributed by atoms with Crippen LogP contribution in [0.1, 0.15) is 35.2 Å². The normalized spacial score (nSPS) is 14.4. The van der Waals surface area contributed by atoms with Gasteiger partial charge in [0.15, 0.2) is 5.78 Å². The Morgan fingerprint density at radius 2 is 2.13 bits per heavy atom. The fourth-order valence-corrected chi connectivity index (χ4v) is 2.86. The maximum Gasteiger partial charge on any atom is 0.169 e. The minimum Gasteiger partial charge on any atom is -0.384 e. The minimum atomic E-state index is 0.210. The van der Waals surface area contributed by atoms with Crippen LogP contribution in [-0.4, -0.2) is 42.9 Å². The van der Waals surface area contributed by atoms with Crippen molar-refractivity contribution in [2.24, 2.45) is 5.92 Å². The Kier molecular flexibility index (Phi) is 4.62. The zero-order valence-electron chi connectivity index (χ0n) is 14.2. The van der Waals surface area contributed by atoms with E-state index in [-0.39, 0.29) is 11.7 Å². The highest BCUT2D eigenvalue weighted by Gasteiger charge is 2.32. The van der Waals surface area contributed by atoms with Crippen LogP contribution in [0.25, 0.3) is 10.9 Å². The SMILES string of the molecule is Cc1ccc2ncc(C(=O)C3CC3)c(NCCCN(C)C)c2c1. The van der Waals surface area contributed by atoms with E-state index in [1.807, 2.05) is 6.07 Å². The smallest absolute Gasteiger partial charge is 0.169 e. The lowest BCUT2D eigenvalue weighted by Crippen LogP contribution is -2.17. The van der Waals surface area contributed by atoms with Gasteiger partial charge in [-0.1, -0.05) is 11.6 Å². The highest BCUT2D eigenvalue weighted by molar-refractivity contribution is 6.09. The first-order valence-corrected chi connectivity index (χ1v) is 8.38.